The predicted octanol–water partition coefficient (Wildman–Crippen LogP) is 3.09. The normalized spacial score (nSPS) is 21.6. The molecule has 0 radical (unpaired) electrons. The molecule has 3 atom stereocenters. The Balaban J connectivity index is 1.97. The number of carbonyl (C=O) groups is 2. The number of halogens is 3. The van der Waals surface area contributed by atoms with Crippen LogP contribution in [-0.2, 0) is 11.3 Å². The Labute approximate surface area is 214 Å². The number of amides is 2. The first-order valence-electron chi connectivity index (χ1n) is 12.5. The highest BCUT2D eigenvalue weighted by molar-refractivity contribution is 5.93. The van der Waals surface area contributed by atoms with E-state index >= 15 is 4.39 Å². The molecular formula is C26H34F3N5O3. The van der Waals surface area contributed by atoms with E-state index in [0.717, 1.165) is 6.42 Å². The van der Waals surface area contributed by atoms with Crippen molar-refractivity contribution >= 4 is 11.8 Å². The lowest BCUT2D eigenvalue weighted by molar-refractivity contribution is -0.143. The van der Waals surface area contributed by atoms with Crippen molar-refractivity contribution in [1.29, 1.82) is 0 Å². The van der Waals surface area contributed by atoms with E-state index in [2.05, 4.69) is 4.98 Å². The average molecular weight is 522 g/mol. The Hall–Kier alpha value is -2.92. The second-order valence-corrected chi connectivity index (χ2v) is 11.2. The second-order valence-electron chi connectivity index (χ2n) is 11.2. The van der Waals surface area contributed by atoms with Crippen LogP contribution in [0.5, 0.6) is 0 Å². The molecule has 2 amide bonds. The molecule has 1 aromatic heterocycles. The van der Waals surface area contributed by atoms with Crippen molar-refractivity contribution < 1.29 is 27.9 Å². The van der Waals surface area contributed by atoms with Gasteiger partial charge in [-0.05, 0) is 37.8 Å². The SMILES string of the molecule is CN1CCC([C@@H](C(=O)N2CCC[C@@H]2CO)C(C)(C)C)n2c(-c3cc(F)c(F)cc3F)nc(C(N)=O)c2C1. The van der Waals surface area contributed by atoms with Crippen LogP contribution in [-0.4, -0.2) is 69.1 Å². The van der Waals surface area contributed by atoms with E-state index in [4.69, 9.17) is 5.73 Å². The highest BCUT2D eigenvalue weighted by Crippen LogP contribution is 2.44. The zero-order valence-electron chi connectivity index (χ0n) is 21.6. The number of aromatic nitrogens is 2. The number of carbonyl (C=O) groups excluding carboxylic acids is 2. The van der Waals surface area contributed by atoms with Gasteiger partial charge in [0.05, 0.1) is 29.8 Å². The molecule has 8 nitrogen and oxygen atoms in total. The lowest BCUT2D eigenvalue weighted by Crippen LogP contribution is -2.48. The van der Waals surface area contributed by atoms with E-state index in [1.807, 2.05) is 32.7 Å². The maximum atomic E-state index is 15.0. The van der Waals surface area contributed by atoms with Crippen molar-refractivity contribution in [3.63, 3.8) is 0 Å². The number of aliphatic hydroxyl groups excluding tert-OH is 1. The quantitative estimate of drug-likeness (QED) is 0.589. The number of primary amides is 1. The molecule has 3 N–H and O–H groups in total. The number of nitrogens with zero attached hydrogens (tertiary/aromatic N) is 4. The molecule has 0 bridgehead atoms. The molecule has 1 saturated heterocycles. The molecule has 1 fully saturated rings. The van der Waals surface area contributed by atoms with Crippen molar-refractivity contribution in [2.24, 2.45) is 17.1 Å². The van der Waals surface area contributed by atoms with Crippen molar-refractivity contribution in [2.75, 3.05) is 26.7 Å². The highest BCUT2D eigenvalue weighted by Gasteiger charge is 2.46. The van der Waals surface area contributed by atoms with Crippen molar-refractivity contribution in [1.82, 2.24) is 19.4 Å². The van der Waals surface area contributed by atoms with E-state index in [1.54, 1.807) is 9.47 Å². The monoisotopic (exact) mass is 521 g/mol. The summed E-state index contributed by atoms with van der Waals surface area (Å²) >= 11 is 0. The summed E-state index contributed by atoms with van der Waals surface area (Å²) in [5.74, 6) is -5.39. The number of aliphatic hydroxyl groups is 1. The minimum absolute atomic E-state index is 0.0809. The molecule has 0 spiro atoms. The Morgan fingerprint density at radius 2 is 1.81 bits per heavy atom. The summed E-state index contributed by atoms with van der Waals surface area (Å²) in [6.45, 7) is 6.93. The summed E-state index contributed by atoms with van der Waals surface area (Å²) in [6, 6.07) is 0.261. The molecule has 0 saturated carbocycles. The third-order valence-corrected chi connectivity index (χ3v) is 7.51. The fourth-order valence-corrected chi connectivity index (χ4v) is 5.79. The molecule has 2 aromatic rings. The van der Waals surface area contributed by atoms with Gasteiger partial charge in [-0.3, -0.25) is 9.59 Å². The lowest BCUT2D eigenvalue weighted by Gasteiger charge is -2.40. The predicted molar refractivity (Wildman–Crippen MR) is 131 cm³/mol. The van der Waals surface area contributed by atoms with Gasteiger partial charge in [0.25, 0.3) is 5.91 Å². The van der Waals surface area contributed by atoms with Crippen molar-refractivity contribution in [3.8, 4) is 11.4 Å². The number of likely N-dealkylation sites (tertiary alicyclic amines) is 1. The Kier molecular flexibility index (Phi) is 7.40. The Bertz CT molecular complexity index is 1210. The van der Waals surface area contributed by atoms with E-state index in [1.165, 1.54) is 0 Å². The summed E-state index contributed by atoms with van der Waals surface area (Å²) in [4.78, 5) is 34.5. The minimum atomic E-state index is -1.35. The van der Waals surface area contributed by atoms with Crippen LogP contribution in [0.15, 0.2) is 12.1 Å². The summed E-state index contributed by atoms with van der Waals surface area (Å²) < 4.78 is 44.7. The maximum absolute atomic E-state index is 15.0. The average Bonchev–Trinajstić information content (AvgIpc) is 3.39. The van der Waals surface area contributed by atoms with Crippen LogP contribution >= 0.6 is 0 Å². The first-order valence-corrected chi connectivity index (χ1v) is 12.5. The smallest absolute Gasteiger partial charge is 0.269 e. The van der Waals surface area contributed by atoms with Gasteiger partial charge in [-0.25, -0.2) is 18.2 Å². The third kappa shape index (κ3) is 4.98. The zero-order valence-corrected chi connectivity index (χ0v) is 21.6. The van der Waals surface area contributed by atoms with Gasteiger partial charge in [0.2, 0.25) is 5.91 Å². The van der Waals surface area contributed by atoms with Gasteiger partial charge in [-0.15, -0.1) is 0 Å². The standard InChI is InChI=1S/C26H34F3N5O3/c1-26(2,3)21(25(37)33-8-5-6-14(33)13-35)19-7-9-32(4)12-20-22(23(30)36)31-24(34(19)20)15-10-17(28)18(29)11-16(15)27/h10-11,14,19,21,35H,5-9,12-13H2,1-4H3,(H2,30,36)/t14-,19?,21+/m1/s1. The number of imidazole rings is 1. The molecule has 2 aliphatic heterocycles. The minimum Gasteiger partial charge on any atom is -0.394 e. The van der Waals surface area contributed by atoms with Gasteiger partial charge in [-0.2, -0.15) is 0 Å². The fraction of sp³-hybridized carbons (Fsp3) is 0.577. The summed E-state index contributed by atoms with van der Waals surface area (Å²) in [7, 11) is 1.85. The number of nitrogens with two attached hydrogens (primary N) is 1. The van der Waals surface area contributed by atoms with Gasteiger partial charge in [0.15, 0.2) is 17.3 Å². The van der Waals surface area contributed by atoms with Crippen LogP contribution in [0.1, 0.15) is 62.3 Å². The topological polar surface area (TPSA) is 105 Å². The Morgan fingerprint density at radius 3 is 2.43 bits per heavy atom. The van der Waals surface area contributed by atoms with E-state index < -0.39 is 40.7 Å². The third-order valence-electron chi connectivity index (χ3n) is 7.51. The Morgan fingerprint density at radius 1 is 1.14 bits per heavy atom. The number of benzene rings is 1. The van der Waals surface area contributed by atoms with Crippen LogP contribution in [0.4, 0.5) is 13.2 Å². The van der Waals surface area contributed by atoms with Gasteiger partial charge in [0.1, 0.15) is 11.6 Å². The molecular weight excluding hydrogens is 487 g/mol. The van der Waals surface area contributed by atoms with Crippen molar-refractivity contribution in [3.05, 3.63) is 41.0 Å². The molecule has 202 valence electrons. The number of hydrogen-bond acceptors (Lipinski definition) is 5. The van der Waals surface area contributed by atoms with E-state index in [9.17, 15) is 23.5 Å². The summed E-state index contributed by atoms with van der Waals surface area (Å²) in [6.07, 6.45) is 1.91. The molecule has 11 heteroatoms. The lowest BCUT2D eigenvalue weighted by atomic mass is 9.74. The highest BCUT2D eigenvalue weighted by atomic mass is 19.2. The fourth-order valence-electron chi connectivity index (χ4n) is 5.79. The van der Waals surface area contributed by atoms with Crippen molar-refractivity contribution in [2.45, 2.75) is 58.7 Å². The van der Waals surface area contributed by atoms with Gasteiger partial charge < -0.3 is 25.2 Å². The molecule has 4 rings (SSSR count). The first-order chi connectivity index (χ1) is 17.3. The number of fused-ring (bicyclic) bond motifs is 1. The molecule has 1 aromatic carbocycles. The molecule has 0 aliphatic carbocycles. The molecule has 1 unspecified atom stereocenters. The molecule has 3 heterocycles. The van der Waals surface area contributed by atoms with Crippen LogP contribution in [0.2, 0.25) is 0 Å². The summed E-state index contributed by atoms with van der Waals surface area (Å²) in [5, 5.41) is 9.88. The van der Waals surface area contributed by atoms with E-state index in [0.29, 0.717) is 43.8 Å². The zero-order chi connectivity index (χ0) is 27.2. The van der Waals surface area contributed by atoms with Crippen LogP contribution < -0.4 is 5.73 Å². The number of rotatable bonds is 5. The van der Waals surface area contributed by atoms with E-state index in [-0.39, 0.29) is 42.2 Å². The van der Waals surface area contributed by atoms with Crippen LogP contribution in [0.3, 0.4) is 0 Å². The summed E-state index contributed by atoms with van der Waals surface area (Å²) in [5.41, 5.74) is 5.03. The molecule has 2 aliphatic rings. The van der Waals surface area contributed by atoms with Gasteiger partial charge in [0, 0.05) is 31.7 Å². The van der Waals surface area contributed by atoms with Crippen LogP contribution in [0.25, 0.3) is 11.4 Å². The van der Waals surface area contributed by atoms with Gasteiger partial charge in [-0.1, -0.05) is 20.8 Å². The van der Waals surface area contributed by atoms with Crippen LogP contribution in [0, 0.1) is 28.8 Å². The molecule has 37 heavy (non-hydrogen) atoms. The largest absolute Gasteiger partial charge is 0.394 e. The first kappa shape index (κ1) is 27.1. The number of hydrogen-bond donors (Lipinski definition) is 2. The second kappa shape index (κ2) is 10.1. The maximum Gasteiger partial charge on any atom is 0.269 e. The van der Waals surface area contributed by atoms with Gasteiger partial charge >= 0.3 is 0 Å².